The van der Waals surface area contributed by atoms with E-state index in [-0.39, 0.29) is 23.2 Å². The third kappa shape index (κ3) is 4.22. The first kappa shape index (κ1) is 30.4. The van der Waals surface area contributed by atoms with Gasteiger partial charge in [-0.25, -0.2) is 0 Å². The minimum atomic E-state index is -2.89. The van der Waals surface area contributed by atoms with Crippen molar-refractivity contribution < 1.29 is 55.3 Å². The van der Waals surface area contributed by atoms with E-state index in [0.717, 1.165) is 0 Å². The Balaban J connectivity index is 0.000000774. The summed E-state index contributed by atoms with van der Waals surface area (Å²) in [5.74, 6) is -9.61. The average molecular weight is 537 g/mol. The first-order valence-electron chi connectivity index (χ1n) is 11.5. The largest absolute Gasteiger partial charge is 0.508 e. The number of phenolic OH excluding ortho intramolecular Hbond substituents is 1. The predicted molar refractivity (Wildman–Crippen MR) is 132 cm³/mol. The van der Waals surface area contributed by atoms with E-state index in [0.29, 0.717) is 5.56 Å². The van der Waals surface area contributed by atoms with Crippen LogP contribution in [0.1, 0.15) is 37.3 Å². The molecule has 0 aliphatic heterocycles. The zero-order valence-corrected chi connectivity index (χ0v) is 21.2. The number of hydrogen-bond acceptors (Lipinski definition) is 10. The second kappa shape index (κ2) is 10.5. The molecular weight excluding hydrogens is 504 g/mol. The Kier molecular flexibility index (Phi) is 8.44. The molecule has 1 fully saturated rings. The Bertz CT molecular complexity index is 1250. The lowest BCUT2D eigenvalue weighted by Gasteiger charge is -2.53. The third-order valence-electron chi connectivity index (χ3n) is 7.30. The summed E-state index contributed by atoms with van der Waals surface area (Å²) in [7, 11) is 2.92. The predicted octanol–water partition coefficient (Wildman–Crippen LogP) is -0.848. The number of benzene rings is 1. The van der Waals surface area contributed by atoms with Crippen molar-refractivity contribution in [3.63, 3.8) is 0 Å². The molecule has 3 aliphatic rings. The van der Waals surface area contributed by atoms with Crippen molar-refractivity contribution in [2.45, 2.75) is 43.9 Å². The molecule has 208 valence electrons. The lowest BCUT2D eigenvalue weighted by Crippen LogP contribution is -2.70. The van der Waals surface area contributed by atoms with Crippen LogP contribution in [0, 0.1) is 11.8 Å². The van der Waals surface area contributed by atoms with Crippen LogP contribution >= 0.6 is 0 Å². The molecule has 1 aromatic rings. The number of aromatic hydroxyl groups is 1. The first-order chi connectivity index (χ1) is 17.1. The number of aliphatic hydroxyl groups is 4. The molecule has 0 aromatic heterocycles. The van der Waals surface area contributed by atoms with Gasteiger partial charge in [0.15, 0.2) is 11.4 Å². The van der Waals surface area contributed by atoms with Gasteiger partial charge in [-0.05, 0) is 31.6 Å². The highest BCUT2D eigenvalue weighted by Gasteiger charge is 2.68. The van der Waals surface area contributed by atoms with Crippen molar-refractivity contribution >= 4 is 29.2 Å². The number of aliphatic hydroxyl groups excluding tert-OH is 3. The molecule has 0 saturated heterocycles. The lowest BCUT2D eigenvalue weighted by molar-refractivity contribution is -0.169. The van der Waals surface area contributed by atoms with Crippen molar-refractivity contribution in [3.8, 4) is 5.75 Å². The number of hydrogen-bond donors (Lipinski definition) is 7. The average Bonchev–Trinajstić information content (AvgIpc) is 2.81. The number of rotatable bonds is 3. The Labute approximate surface area is 217 Å². The van der Waals surface area contributed by atoms with Gasteiger partial charge < -0.3 is 41.8 Å². The molecule has 1 amide bonds. The number of likely N-dealkylation sites (N-methyl/N-ethyl adjacent to an activating group) is 1. The fourth-order valence-corrected chi connectivity index (χ4v) is 5.58. The SMILES string of the molecule is CCC(=O)O.C[C@H]1c2cccc(O)c2C(O)=C2C(=O)[C@]3(O)C(O)=C(C(N)=O)C(=O)[C@@H](N(C)C)[C@@H]3[C@@H](O)[C@@H]21.O. The molecule has 0 bridgehead atoms. The van der Waals surface area contributed by atoms with E-state index in [1.807, 2.05) is 0 Å². The molecule has 1 aromatic carbocycles. The molecule has 13 nitrogen and oxygen atoms in total. The Morgan fingerprint density at radius 1 is 1.13 bits per heavy atom. The molecule has 6 atom stereocenters. The summed E-state index contributed by atoms with van der Waals surface area (Å²) in [5.41, 5.74) is 1.47. The Morgan fingerprint density at radius 2 is 1.68 bits per heavy atom. The van der Waals surface area contributed by atoms with Gasteiger partial charge >= 0.3 is 5.97 Å². The zero-order chi connectivity index (χ0) is 28.1. The molecule has 4 rings (SSSR count). The summed E-state index contributed by atoms with van der Waals surface area (Å²) in [6.07, 6.45) is -1.37. The number of primary amides is 1. The number of Topliss-reactive ketones (excluding diaryl/α,β-unsaturated/α-hetero) is 2. The number of carbonyl (C=O) groups is 4. The van der Waals surface area contributed by atoms with Crippen molar-refractivity contribution in [1.82, 2.24) is 4.90 Å². The van der Waals surface area contributed by atoms with E-state index in [1.165, 1.54) is 25.1 Å². The zero-order valence-electron chi connectivity index (χ0n) is 21.2. The highest BCUT2D eigenvalue weighted by molar-refractivity contribution is 6.24. The number of phenols is 1. The molecule has 0 spiro atoms. The van der Waals surface area contributed by atoms with Gasteiger partial charge in [-0.2, -0.15) is 0 Å². The number of nitrogens with zero attached hydrogens (tertiary/aromatic N) is 1. The summed E-state index contributed by atoms with van der Waals surface area (Å²) in [6, 6.07) is 3.13. The molecule has 1 saturated carbocycles. The van der Waals surface area contributed by atoms with Gasteiger partial charge in [0.05, 0.1) is 23.6 Å². The number of carboxylic acid groups (broad SMARTS) is 1. The van der Waals surface area contributed by atoms with Crippen molar-refractivity contribution in [2.75, 3.05) is 14.1 Å². The van der Waals surface area contributed by atoms with E-state index in [1.54, 1.807) is 26.0 Å². The van der Waals surface area contributed by atoms with Gasteiger partial charge in [0.2, 0.25) is 5.78 Å². The number of fused-ring (bicyclic) bond motifs is 3. The first-order valence-corrected chi connectivity index (χ1v) is 11.5. The highest BCUT2D eigenvalue weighted by Crippen LogP contribution is 2.55. The maximum atomic E-state index is 13.7. The van der Waals surface area contributed by atoms with E-state index in [9.17, 15) is 44.7 Å². The van der Waals surface area contributed by atoms with Crippen molar-refractivity contribution in [2.24, 2.45) is 17.6 Å². The lowest BCUT2D eigenvalue weighted by atomic mass is 9.54. The van der Waals surface area contributed by atoms with Crippen LogP contribution < -0.4 is 5.73 Å². The summed E-state index contributed by atoms with van der Waals surface area (Å²) in [5, 5.41) is 62.6. The van der Waals surface area contributed by atoms with Crippen LogP contribution in [0.25, 0.3) is 5.76 Å². The second-order valence-corrected chi connectivity index (χ2v) is 9.54. The molecular formula is C25H32N2O11. The van der Waals surface area contributed by atoms with Gasteiger partial charge in [0, 0.05) is 17.9 Å². The number of carboxylic acids is 1. The fourth-order valence-electron chi connectivity index (χ4n) is 5.58. The smallest absolute Gasteiger partial charge is 0.303 e. The molecule has 3 aliphatic carbocycles. The molecule has 0 unspecified atom stereocenters. The quantitative estimate of drug-likeness (QED) is 0.234. The van der Waals surface area contributed by atoms with Crippen molar-refractivity contribution in [3.05, 3.63) is 46.2 Å². The molecule has 0 heterocycles. The molecule has 10 N–H and O–H groups in total. The third-order valence-corrected chi connectivity index (χ3v) is 7.30. The van der Waals surface area contributed by atoms with Crippen LogP contribution in [0.4, 0.5) is 0 Å². The normalized spacial score (nSPS) is 29.9. The minimum Gasteiger partial charge on any atom is -0.508 e. The maximum Gasteiger partial charge on any atom is 0.303 e. The number of nitrogens with two attached hydrogens (primary N) is 1. The minimum absolute atomic E-state index is 0. The number of ketones is 2. The highest BCUT2D eigenvalue weighted by atomic mass is 16.4. The van der Waals surface area contributed by atoms with Gasteiger partial charge in [-0.3, -0.25) is 24.1 Å². The Hall–Kier alpha value is -3.78. The van der Waals surface area contributed by atoms with Gasteiger partial charge in [0.25, 0.3) is 5.91 Å². The van der Waals surface area contributed by atoms with Gasteiger partial charge in [-0.1, -0.05) is 26.0 Å². The monoisotopic (exact) mass is 536 g/mol. The standard InChI is InChI=1S/C22H24N2O8.C3H6O2.H2O/c1-7-8-5-4-6-9(25)11(8)16(26)12-10(7)17(27)14-15(24(2)3)18(28)13(21(23)31)20(30)22(14,32)19(12)29;1-2-3(4)5;/h4-7,10,14-15,17,25-27,30,32H,1-3H3,(H2,23,31);2H2,1H3,(H,4,5);1H2/t7-,10+,14+,15-,17-,22-;;/m0../s1. The Morgan fingerprint density at radius 3 is 2.16 bits per heavy atom. The summed E-state index contributed by atoms with van der Waals surface area (Å²) >= 11 is 0. The second-order valence-electron chi connectivity index (χ2n) is 9.54. The van der Waals surface area contributed by atoms with E-state index < -0.39 is 81.6 Å². The topological polar surface area (TPSA) is 250 Å². The van der Waals surface area contributed by atoms with Crippen LogP contribution in [0.5, 0.6) is 5.75 Å². The number of amides is 1. The van der Waals surface area contributed by atoms with Crippen LogP contribution in [0.2, 0.25) is 0 Å². The van der Waals surface area contributed by atoms with Gasteiger partial charge in [-0.15, -0.1) is 0 Å². The summed E-state index contributed by atoms with van der Waals surface area (Å²) < 4.78 is 0. The van der Waals surface area contributed by atoms with E-state index in [2.05, 4.69) is 0 Å². The van der Waals surface area contributed by atoms with Crippen LogP contribution in [0.3, 0.4) is 0 Å². The van der Waals surface area contributed by atoms with Gasteiger partial charge in [0.1, 0.15) is 22.8 Å². The fraction of sp³-hybridized carbons (Fsp3) is 0.440. The summed E-state index contributed by atoms with van der Waals surface area (Å²) in [4.78, 5) is 49.3. The molecule has 13 heteroatoms. The molecule has 38 heavy (non-hydrogen) atoms. The van der Waals surface area contributed by atoms with Crippen LogP contribution in [-0.2, 0) is 19.2 Å². The van der Waals surface area contributed by atoms with Crippen molar-refractivity contribution in [1.29, 1.82) is 0 Å². The number of carbonyl (C=O) groups excluding carboxylic acids is 3. The van der Waals surface area contributed by atoms with Crippen LogP contribution in [0.15, 0.2) is 35.1 Å². The molecule has 0 radical (unpaired) electrons. The number of aliphatic carboxylic acids is 1. The maximum absolute atomic E-state index is 13.7. The van der Waals surface area contributed by atoms with E-state index >= 15 is 0 Å². The summed E-state index contributed by atoms with van der Waals surface area (Å²) in [6.45, 7) is 3.28. The van der Waals surface area contributed by atoms with Crippen LogP contribution in [-0.4, -0.2) is 96.3 Å². The van der Waals surface area contributed by atoms with E-state index in [4.69, 9.17) is 10.8 Å².